The van der Waals surface area contributed by atoms with Crippen molar-refractivity contribution in [3.63, 3.8) is 0 Å². The minimum atomic E-state index is 0.223. The average Bonchev–Trinajstić information content (AvgIpc) is 2.41. The molecule has 0 radical (unpaired) electrons. The van der Waals surface area contributed by atoms with Crippen molar-refractivity contribution in [2.24, 2.45) is 5.84 Å². The van der Waals surface area contributed by atoms with Crippen LogP contribution in [0.1, 0.15) is 36.8 Å². The third kappa shape index (κ3) is 3.23. The van der Waals surface area contributed by atoms with Crippen molar-refractivity contribution in [1.82, 2.24) is 19.9 Å². The molecule has 3 N–H and O–H groups in total. The van der Waals surface area contributed by atoms with Gasteiger partial charge in [-0.3, -0.25) is 0 Å². The Hall–Kier alpha value is -1.73. The minimum Gasteiger partial charge on any atom is -0.308 e. The van der Waals surface area contributed by atoms with Crippen molar-refractivity contribution in [1.29, 1.82) is 0 Å². The predicted octanol–water partition coefficient (Wildman–Crippen LogP) is 2.44. The maximum Gasteiger partial charge on any atom is 0.194 e. The minimum absolute atomic E-state index is 0.223. The average molecular weight is 290 g/mol. The Morgan fingerprint density at radius 3 is 2.55 bits per heavy atom. The van der Waals surface area contributed by atoms with Crippen LogP contribution in [0.4, 0.5) is 5.82 Å². The lowest BCUT2D eigenvalue weighted by Crippen LogP contribution is -2.13. The first-order valence-electron chi connectivity index (χ1n) is 6.34. The molecular weight excluding hydrogens is 272 g/mol. The van der Waals surface area contributed by atoms with Crippen molar-refractivity contribution in [2.75, 3.05) is 5.43 Å². The highest BCUT2D eigenvalue weighted by atomic mass is 32.2. The molecule has 0 fully saturated rings. The Morgan fingerprint density at radius 2 is 1.95 bits per heavy atom. The molecule has 2 rings (SSSR count). The fraction of sp³-hybridized carbons (Fsp3) is 0.385. The van der Waals surface area contributed by atoms with Gasteiger partial charge in [-0.25, -0.2) is 25.8 Å². The summed E-state index contributed by atoms with van der Waals surface area (Å²) in [5.74, 6) is 7.13. The number of nitrogens with two attached hydrogens (primary N) is 1. The van der Waals surface area contributed by atoms with Crippen LogP contribution in [0.25, 0.3) is 0 Å². The smallest absolute Gasteiger partial charge is 0.194 e. The number of hydrazine groups is 1. The third-order valence-electron chi connectivity index (χ3n) is 2.73. The van der Waals surface area contributed by atoms with Gasteiger partial charge in [-0.1, -0.05) is 13.8 Å². The van der Waals surface area contributed by atoms with Gasteiger partial charge >= 0.3 is 0 Å². The van der Waals surface area contributed by atoms with Crippen LogP contribution in [-0.2, 0) is 0 Å². The van der Waals surface area contributed by atoms with Gasteiger partial charge in [0.05, 0.1) is 0 Å². The van der Waals surface area contributed by atoms with Crippen LogP contribution in [-0.4, -0.2) is 19.9 Å². The first-order valence-corrected chi connectivity index (χ1v) is 7.15. The molecule has 0 saturated carbocycles. The lowest BCUT2D eigenvalue weighted by Gasteiger charge is -2.12. The zero-order valence-corrected chi connectivity index (χ0v) is 12.8. The molecule has 0 aliphatic heterocycles. The summed E-state index contributed by atoms with van der Waals surface area (Å²) >= 11 is 1.42. The van der Waals surface area contributed by atoms with Crippen molar-refractivity contribution < 1.29 is 0 Å². The maximum absolute atomic E-state index is 5.53. The Morgan fingerprint density at radius 1 is 1.20 bits per heavy atom. The van der Waals surface area contributed by atoms with E-state index < -0.39 is 0 Å². The molecule has 0 aliphatic rings. The fourth-order valence-corrected chi connectivity index (χ4v) is 2.44. The zero-order chi connectivity index (χ0) is 14.7. The van der Waals surface area contributed by atoms with Gasteiger partial charge in [-0.05, 0) is 31.7 Å². The number of nitrogens with zero attached hydrogens (tertiary/aromatic N) is 4. The number of nitrogen functional groups attached to an aromatic ring is 1. The molecule has 0 spiro atoms. The monoisotopic (exact) mass is 290 g/mol. The number of aromatic nitrogens is 4. The second-order valence-corrected chi connectivity index (χ2v) is 5.70. The van der Waals surface area contributed by atoms with Crippen LogP contribution < -0.4 is 11.3 Å². The van der Waals surface area contributed by atoms with E-state index in [4.69, 9.17) is 5.84 Å². The molecule has 0 saturated heterocycles. The maximum atomic E-state index is 5.53. The molecule has 2 aromatic rings. The lowest BCUT2D eigenvalue weighted by molar-refractivity contribution is 0.748. The molecule has 2 aromatic heterocycles. The summed E-state index contributed by atoms with van der Waals surface area (Å²) in [5, 5.41) is 1.49. The molecule has 2 heterocycles. The van der Waals surface area contributed by atoms with Gasteiger partial charge < -0.3 is 5.43 Å². The van der Waals surface area contributed by atoms with Gasteiger partial charge in [-0.15, -0.1) is 0 Å². The van der Waals surface area contributed by atoms with E-state index in [0.717, 1.165) is 22.1 Å². The van der Waals surface area contributed by atoms with Crippen molar-refractivity contribution in [3.8, 4) is 0 Å². The summed E-state index contributed by atoms with van der Waals surface area (Å²) in [6.45, 7) is 7.95. The second kappa shape index (κ2) is 6.15. The summed E-state index contributed by atoms with van der Waals surface area (Å²) in [6.07, 6.45) is 1.74. The lowest BCUT2D eigenvalue weighted by atomic mass is 10.2. The first-order chi connectivity index (χ1) is 9.51. The van der Waals surface area contributed by atoms with Gasteiger partial charge in [0, 0.05) is 23.4 Å². The highest BCUT2D eigenvalue weighted by molar-refractivity contribution is 7.99. The number of anilines is 1. The van der Waals surface area contributed by atoms with Crippen LogP contribution in [0, 0.1) is 13.8 Å². The number of nitrogens with one attached hydrogen (secondary N) is 1. The summed E-state index contributed by atoms with van der Waals surface area (Å²) in [7, 11) is 0. The molecule has 20 heavy (non-hydrogen) atoms. The summed E-state index contributed by atoms with van der Waals surface area (Å²) < 4.78 is 0. The van der Waals surface area contributed by atoms with Crippen LogP contribution in [0.15, 0.2) is 22.4 Å². The number of aryl methyl sites for hydroxylation is 1. The topological polar surface area (TPSA) is 89.6 Å². The van der Waals surface area contributed by atoms with E-state index in [-0.39, 0.29) is 5.92 Å². The normalized spacial score (nSPS) is 10.9. The zero-order valence-electron chi connectivity index (χ0n) is 12.0. The van der Waals surface area contributed by atoms with Gasteiger partial charge in [0.15, 0.2) is 5.16 Å². The largest absolute Gasteiger partial charge is 0.308 e. The van der Waals surface area contributed by atoms with Crippen LogP contribution in [0.3, 0.4) is 0 Å². The highest BCUT2D eigenvalue weighted by Crippen LogP contribution is 2.30. The Labute approximate surface area is 122 Å². The summed E-state index contributed by atoms with van der Waals surface area (Å²) in [4.78, 5) is 17.6. The van der Waals surface area contributed by atoms with Crippen LogP contribution in [0.2, 0.25) is 0 Å². The number of hydrogen-bond acceptors (Lipinski definition) is 7. The van der Waals surface area contributed by atoms with E-state index in [2.05, 4.69) is 25.4 Å². The van der Waals surface area contributed by atoms with E-state index in [0.29, 0.717) is 11.0 Å². The SMILES string of the molecule is Cc1ccnc(Sc2nc(C(C)C)nc(NN)c2C)n1. The molecular formula is C13H18N6S. The predicted molar refractivity (Wildman–Crippen MR) is 79.6 cm³/mol. The molecule has 7 heteroatoms. The highest BCUT2D eigenvalue weighted by Gasteiger charge is 2.14. The summed E-state index contributed by atoms with van der Waals surface area (Å²) in [5.41, 5.74) is 4.44. The van der Waals surface area contributed by atoms with Gasteiger partial charge in [-0.2, -0.15) is 0 Å². The van der Waals surface area contributed by atoms with Crippen LogP contribution >= 0.6 is 11.8 Å². The number of hydrogen-bond donors (Lipinski definition) is 2. The van der Waals surface area contributed by atoms with E-state index in [1.165, 1.54) is 11.8 Å². The van der Waals surface area contributed by atoms with E-state index >= 15 is 0 Å². The molecule has 0 atom stereocenters. The van der Waals surface area contributed by atoms with Gasteiger partial charge in [0.1, 0.15) is 16.7 Å². The standard InChI is InChI=1S/C13H18N6S/c1-7(2)10-17-11(19-14)9(4)12(18-10)20-13-15-6-5-8(3)16-13/h5-7H,14H2,1-4H3,(H,17,18,19). The quantitative estimate of drug-likeness (QED) is 0.387. The van der Waals surface area contributed by atoms with Gasteiger partial charge in [0.2, 0.25) is 0 Å². The van der Waals surface area contributed by atoms with Gasteiger partial charge in [0.25, 0.3) is 0 Å². The van der Waals surface area contributed by atoms with Crippen molar-refractivity contribution >= 4 is 17.6 Å². The fourth-order valence-electron chi connectivity index (χ4n) is 1.57. The van der Waals surface area contributed by atoms with Crippen molar-refractivity contribution in [3.05, 3.63) is 29.3 Å². The van der Waals surface area contributed by atoms with E-state index in [9.17, 15) is 0 Å². The Balaban J connectivity index is 2.42. The first kappa shape index (κ1) is 14.7. The Kier molecular flexibility index (Phi) is 4.51. The Bertz CT molecular complexity index is 614. The molecule has 0 unspecified atom stereocenters. The van der Waals surface area contributed by atoms with Crippen LogP contribution in [0.5, 0.6) is 0 Å². The summed E-state index contributed by atoms with van der Waals surface area (Å²) in [6, 6.07) is 1.86. The second-order valence-electron chi connectivity index (χ2n) is 4.74. The number of rotatable bonds is 4. The third-order valence-corrected chi connectivity index (χ3v) is 3.70. The molecule has 0 aliphatic carbocycles. The van der Waals surface area contributed by atoms with E-state index in [1.807, 2.05) is 33.8 Å². The molecule has 6 nitrogen and oxygen atoms in total. The van der Waals surface area contributed by atoms with Crippen molar-refractivity contribution in [2.45, 2.75) is 43.8 Å². The molecule has 0 aromatic carbocycles. The molecule has 0 bridgehead atoms. The van der Waals surface area contributed by atoms with E-state index in [1.54, 1.807) is 6.20 Å². The molecule has 0 amide bonds. The molecule has 106 valence electrons.